The number of benzene rings is 2. The summed E-state index contributed by atoms with van der Waals surface area (Å²) in [6.07, 6.45) is -0.924. The van der Waals surface area contributed by atoms with E-state index in [4.69, 9.17) is 25.8 Å². The van der Waals surface area contributed by atoms with Crippen LogP contribution in [-0.4, -0.2) is 32.1 Å². The molecule has 0 bridgehead atoms. The molecular weight excluding hydrogens is 332 g/mol. The van der Waals surface area contributed by atoms with Crippen molar-refractivity contribution >= 4 is 23.4 Å². The predicted molar refractivity (Wildman–Crippen MR) is 90.2 cm³/mol. The van der Waals surface area contributed by atoms with E-state index in [1.807, 2.05) is 0 Å². The molecule has 0 aliphatic heterocycles. The Morgan fingerprint density at radius 1 is 1.00 bits per heavy atom. The SMILES string of the molecule is COc1cc(C(=O)OC(C)C(=O)c2ccccc2)cc(Cl)c1OC. The Morgan fingerprint density at radius 2 is 1.67 bits per heavy atom. The monoisotopic (exact) mass is 348 g/mol. The van der Waals surface area contributed by atoms with Crippen molar-refractivity contribution in [2.75, 3.05) is 14.2 Å². The van der Waals surface area contributed by atoms with Gasteiger partial charge in [-0.2, -0.15) is 0 Å². The van der Waals surface area contributed by atoms with E-state index in [-0.39, 0.29) is 16.4 Å². The third-order valence-electron chi connectivity index (χ3n) is 3.38. The van der Waals surface area contributed by atoms with Gasteiger partial charge in [0.05, 0.1) is 24.8 Å². The van der Waals surface area contributed by atoms with E-state index in [1.54, 1.807) is 30.3 Å². The van der Waals surface area contributed by atoms with Crippen molar-refractivity contribution in [1.82, 2.24) is 0 Å². The van der Waals surface area contributed by atoms with E-state index in [2.05, 4.69) is 0 Å². The summed E-state index contributed by atoms with van der Waals surface area (Å²) in [6, 6.07) is 11.5. The van der Waals surface area contributed by atoms with Crippen LogP contribution >= 0.6 is 11.6 Å². The average Bonchev–Trinajstić information content (AvgIpc) is 2.60. The second-order valence-corrected chi connectivity index (χ2v) is 5.38. The number of ether oxygens (including phenoxy) is 3. The van der Waals surface area contributed by atoms with E-state index in [0.29, 0.717) is 17.1 Å². The van der Waals surface area contributed by atoms with E-state index in [1.165, 1.54) is 33.3 Å². The summed E-state index contributed by atoms with van der Waals surface area (Å²) in [6.45, 7) is 1.52. The quantitative estimate of drug-likeness (QED) is 0.587. The van der Waals surface area contributed by atoms with Crippen LogP contribution in [-0.2, 0) is 4.74 Å². The summed E-state index contributed by atoms with van der Waals surface area (Å²) >= 11 is 6.07. The number of Topliss-reactive ketones (excluding diaryl/α,β-unsaturated/α-hetero) is 1. The number of carbonyl (C=O) groups excluding carboxylic acids is 2. The third-order valence-corrected chi connectivity index (χ3v) is 3.66. The highest BCUT2D eigenvalue weighted by Gasteiger charge is 2.22. The standard InChI is InChI=1S/C18H17ClO5/c1-11(16(20)12-7-5-4-6-8-12)24-18(21)13-9-14(19)17(23-3)15(10-13)22-2/h4-11H,1-3H3. The first-order valence-corrected chi connectivity index (χ1v) is 7.57. The van der Waals surface area contributed by atoms with Crippen molar-refractivity contribution in [1.29, 1.82) is 0 Å². The molecule has 2 aromatic carbocycles. The Balaban J connectivity index is 2.18. The van der Waals surface area contributed by atoms with Gasteiger partial charge in [-0.05, 0) is 19.1 Å². The van der Waals surface area contributed by atoms with E-state index in [0.717, 1.165) is 0 Å². The molecule has 0 aliphatic rings. The summed E-state index contributed by atoms with van der Waals surface area (Å²) in [5, 5.41) is 0.214. The zero-order valence-electron chi connectivity index (χ0n) is 13.5. The first kappa shape index (κ1) is 17.8. The number of methoxy groups -OCH3 is 2. The van der Waals surface area contributed by atoms with Gasteiger partial charge in [0, 0.05) is 5.56 Å². The maximum atomic E-state index is 12.3. The van der Waals surface area contributed by atoms with Crippen LogP contribution in [0.2, 0.25) is 5.02 Å². The van der Waals surface area contributed by atoms with Gasteiger partial charge in [-0.25, -0.2) is 4.79 Å². The third kappa shape index (κ3) is 3.86. The maximum absolute atomic E-state index is 12.3. The van der Waals surface area contributed by atoms with Crippen molar-refractivity contribution in [3.8, 4) is 11.5 Å². The maximum Gasteiger partial charge on any atom is 0.339 e. The molecule has 0 heterocycles. The first-order chi connectivity index (χ1) is 11.5. The van der Waals surface area contributed by atoms with Crippen molar-refractivity contribution in [3.63, 3.8) is 0 Å². The largest absolute Gasteiger partial charge is 0.493 e. The minimum Gasteiger partial charge on any atom is -0.493 e. The molecule has 2 aromatic rings. The minimum absolute atomic E-state index is 0.172. The molecule has 0 saturated carbocycles. The summed E-state index contributed by atoms with van der Waals surface area (Å²) in [5.41, 5.74) is 0.647. The first-order valence-electron chi connectivity index (χ1n) is 7.19. The molecule has 0 N–H and O–H groups in total. The Hall–Kier alpha value is -2.53. The van der Waals surface area contributed by atoms with Crippen molar-refractivity contribution in [2.45, 2.75) is 13.0 Å². The number of esters is 1. The van der Waals surface area contributed by atoms with Crippen molar-refractivity contribution in [3.05, 3.63) is 58.6 Å². The van der Waals surface area contributed by atoms with E-state index >= 15 is 0 Å². The highest BCUT2D eigenvalue weighted by molar-refractivity contribution is 6.32. The Kier molecular flexibility index (Phi) is 5.82. The van der Waals surface area contributed by atoms with Crippen LogP contribution < -0.4 is 9.47 Å². The van der Waals surface area contributed by atoms with E-state index < -0.39 is 12.1 Å². The van der Waals surface area contributed by atoms with Crippen molar-refractivity contribution in [2.24, 2.45) is 0 Å². The molecule has 5 nitrogen and oxygen atoms in total. The summed E-state index contributed by atoms with van der Waals surface area (Å²) in [5.74, 6) is -0.326. The molecule has 1 atom stereocenters. The summed E-state index contributed by atoms with van der Waals surface area (Å²) in [7, 11) is 2.88. The normalized spacial score (nSPS) is 11.5. The Bertz CT molecular complexity index is 743. The van der Waals surface area contributed by atoms with Crippen LogP contribution in [0, 0.1) is 0 Å². The van der Waals surface area contributed by atoms with Gasteiger partial charge in [0.15, 0.2) is 17.6 Å². The summed E-state index contributed by atoms with van der Waals surface area (Å²) < 4.78 is 15.5. The Morgan fingerprint density at radius 3 is 2.25 bits per heavy atom. The second-order valence-electron chi connectivity index (χ2n) is 4.97. The van der Waals surface area contributed by atoms with Gasteiger partial charge in [-0.3, -0.25) is 4.79 Å². The van der Waals surface area contributed by atoms with Gasteiger partial charge in [-0.15, -0.1) is 0 Å². The average molecular weight is 349 g/mol. The summed E-state index contributed by atoms with van der Waals surface area (Å²) in [4.78, 5) is 24.5. The zero-order valence-corrected chi connectivity index (χ0v) is 14.3. The fourth-order valence-electron chi connectivity index (χ4n) is 2.16. The fourth-order valence-corrected chi connectivity index (χ4v) is 2.44. The molecule has 0 spiro atoms. The van der Waals surface area contributed by atoms with Crippen LogP contribution in [0.1, 0.15) is 27.6 Å². The smallest absolute Gasteiger partial charge is 0.339 e. The second kappa shape index (κ2) is 7.84. The molecule has 126 valence electrons. The van der Waals surface area contributed by atoms with Crippen LogP contribution in [0.15, 0.2) is 42.5 Å². The number of rotatable bonds is 6. The number of ketones is 1. The number of hydrogen-bond acceptors (Lipinski definition) is 5. The van der Waals surface area contributed by atoms with E-state index in [9.17, 15) is 9.59 Å². The lowest BCUT2D eigenvalue weighted by Gasteiger charge is -2.14. The molecule has 0 fully saturated rings. The lowest BCUT2D eigenvalue weighted by atomic mass is 10.1. The molecule has 0 aromatic heterocycles. The highest BCUT2D eigenvalue weighted by Crippen LogP contribution is 2.36. The molecule has 0 amide bonds. The van der Waals surface area contributed by atoms with Gasteiger partial charge >= 0.3 is 5.97 Å². The molecule has 24 heavy (non-hydrogen) atoms. The lowest BCUT2D eigenvalue weighted by molar-refractivity contribution is 0.0318. The Labute approximate surface area is 145 Å². The van der Waals surface area contributed by atoms with Crippen molar-refractivity contribution < 1.29 is 23.8 Å². The molecule has 0 saturated heterocycles. The minimum atomic E-state index is -0.924. The van der Waals surface area contributed by atoms with Gasteiger partial charge in [0.1, 0.15) is 0 Å². The van der Waals surface area contributed by atoms with Gasteiger partial charge < -0.3 is 14.2 Å². The zero-order chi connectivity index (χ0) is 17.7. The number of hydrogen-bond donors (Lipinski definition) is 0. The number of halogens is 1. The molecule has 2 rings (SSSR count). The molecule has 0 aliphatic carbocycles. The van der Waals surface area contributed by atoms with Crippen LogP contribution in [0.4, 0.5) is 0 Å². The van der Waals surface area contributed by atoms with Crippen LogP contribution in [0.25, 0.3) is 0 Å². The van der Waals surface area contributed by atoms with Gasteiger partial charge in [-0.1, -0.05) is 41.9 Å². The topological polar surface area (TPSA) is 61.8 Å². The van der Waals surface area contributed by atoms with Gasteiger partial charge in [0.2, 0.25) is 5.78 Å². The molecular formula is C18H17ClO5. The molecule has 0 radical (unpaired) electrons. The highest BCUT2D eigenvalue weighted by atomic mass is 35.5. The predicted octanol–water partition coefficient (Wildman–Crippen LogP) is 3.79. The van der Waals surface area contributed by atoms with Gasteiger partial charge in [0.25, 0.3) is 0 Å². The van der Waals surface area contributed by atoms with Crippen LogP contribution in [0.5, 0.6) is 11.5 Å². The molecule has 6 heteroatoms. The lowest BCUT2D eigenvalue weighted by Crippen LogP contribution is -2.24. The molecule has 1 unspecified atom stereocenters. The van der Waals surface area contributed by atoms with Crippen LogP contribution in [0.3, 0.4) is 0 Å². The fraction of sp³-hybridized carbons (Fsp3) is 0.222. The number of carbonyl (C=O) groups is 2.